The van der Waals surface area contributed by atoms with E-state index >= 15 is 0 Å². The number of aromatic amines is 1. The second-order valence-corrected chi connectivity index (χ2v) is 5.29. The molecule has 0 aliphatic rings. The van der Waals surface area contributed by atoms with E-state index in [4.69, 9.17) is 12.2 Å². The summed E-state index contributed by atoms with van der Waals surface area (Å²) in [5.41, 5.74) is 4.82. The molecule has 0 fully saturated rings. The summed E-state index contributed by atoms with van der Waals surface area (Å²) in [6.07, 6.45) is 3.54. The molecule has 0 aromatic carbocycles. The quantitative estimate of drug-likeness (QED) is 0.490. The number of rotatable bonds is 5. The molecule has 0 bridgehead atoms. The highest BCUT2D eigenvalue weighted by atomic mass is 32.2. The third-order valence-corrected chi connectivity index (χ3v) is 3.25. The molecule has 0 aliphatic heterocycles. The summed E-state index contributed by atoms with van der Waals surface area (Å²) >= 11 is 6.63. The fourth-order valence-corrected chi connectivity index (χ4v) is 2.12. The van der Waals surface area contributed by atoms with Crippen molar-refractivity contribution in [1.29, 1.82) is 0 Å². The normalized spacial score (nSPS) is 11.0. The number of hydrazone groups is 1. The molecule has 1 aromatic heterocycles. The van der Waals surface area contributed by atoms with Crippen LogP contribution >= 0.6 is 24.0 Å². The third-order valence-electron chi connectivity index (χ3n) is 2.17. The van der Waals surface area contributed by atoms with Gasteiger partial charge in [0.05, 0.1) is 6.21 Å². The summed E-state index contributed by atoms with van der Waals surface area (Å²) < 4.78 is 0.688. The smallest absolute Gasteiger partial charge is 0.154 e. The molecule has 0 atom stereocenters. The lowest BCUT2D eigenvalue weighted by atomic mass is 10.3. The Morgan fingerprint density at radius 2 is 2.24 bits per heavy atom. The van der Waals surface area contributed by atoms with Crippen LogP contribution in [0.4, 0.5) is 0 Å². The Hall–Kier alpha value is -0.880. The molecule has 4 nitrogen and oxygen atoms in total. The van der Waals surface area contributed by atoms with E-state index in [1.807, 2.05) is 0 Å². The van der Waals surface area contributed by atoms with Gasteiger partial charge in [-0.25, -0.2) is 4.98 Å². The van der Waals surface area contributed by atoms with E-state index in [0.717, 1.165) is 35.8 Å². The van der Waals surface area contributed by atoms with Crippen LogP contribution < -0.4 is 5.43 Å². The highest BCUT2D eigenvalue weighted by Gasteiger charge is 2.05. The van der Waals surface area contributed by atoms with Crippen LogP contribution in [-0.2, 0) is 12.8 Å². The second-order valence-electron chi connectivity index (χ2n) is 3.34. The Kier molecular flexibility index (Phi) is 6.21. The lowest BCUT2D eigenvalue weighted by molar-refractivity contribution is 0.963. The Balaban J connectivity index is 2.63. The average molecular weight is 270 g/mol. The van der Waals surface area contributed by atoms with Crippen molar-refractivity contribution in [2.75, 3.05) is 5.75 Å². The second kappa shape index (κ2) is 7.45. The number of hydrogen-bond donors (Lipinski definition) is 2. The van der Waals surface area contributed by atoms with E-state index in [1.54, 1.807) is 18.0 Å². The van der Waals surface area contributed by atoms with Crippen molar-refractivity contribution in [3.05, 3.63) is 17.2 Å². The molecule has 0 unspecified atom stereocenters. The fourth-order valence-electron chi connectivity index (χ4n) is 1.33. The van der Waals surface area contributed by atoms with Crippen LogP contribution in [0, 0.1) is 0 Å². The van der Waals surface area contributed by atoms with Crippen LogP contribution in [0.2, 0.25) is 0 Å². The molecule has 0 radical (unpaired) electrons. The minimum atomic E-state index is 0.688. The fraction of sp³-hybridized carbons (Fsp3) is 0.545. The molecule has 2 N–H and O–H groups in total. The summed E-state index contributed by atoms with van der Waals surface area (Å²) in [5.74, 6) is 1.94. The first-order chi connectivity index (χ1) is 8.21. The van der Waals surface area contributed by atoms with E-state index < -0.39 is 0 Å². The average Bonchev–Trinajstić information content (AvgIpc) is 2.72. The van der Waals surface area contributed by atoms with Gasteiger partial charge in [-0.3, -0.25) is 5.43 Å². The van der Waals surface area contributed by atoms with Gasteiger partial charge in [0.1, 0.15) is 11.5 Å². The van der Waals surface area contributed by atoms with Crippen molar-refractivity contribution >= 4 is 34.5 Å². The predicted molar refractivity (Wildman–Crippen MR) is 78.8 cm³/mol. The van der Waals surface area contributed by atoms with Crippen LogP contribution in [0.3, 0.4) is 0 Å². The summed E-state index contributed by atoms with van der Waals surface area (Å²) in [6, 6.07) is 0. The van der Waals surface area contributed by atoms with E-state index in [9.17, 15) is 0 Å². The number of thioether (sulfide) groups is 1. The molecule has 1 rings (SSSR count). The Labute approximate surface area is 112 Å². The minimum absolute atomic E-state index is 0.688. The standard InChI is InChI=1S/C11H18N4S2/c1-4-8-9(14-10(5-2)13-8)7-12-15-11(16)17-6-3/h7H,4-6H2,1-3H3,(H,13,14)(H,15,16). The lowest BCUT2D eigenvalue weighted by Gasteiger charge is -1.98. The van der Waals surface area contributed by atoms with Gasteiger partial charge in [-0.15, -0.1) is 0 Å². The Morgan fingerprint density at radius 3 is 2.82 bits per heavy atom. The van der Waals surface area contributed by atoms with Crippen molar-refractivity contribution in [1.82, 2.24) is 15.4 Å². The van der Waals surface area contributed by atoms with Crippen LogP contribution in [0.25, 0.3) is 0 Å². The molecule has 0 spiro atoms. The van der Waals surface area contributed by atoms with Crippen molar-refractivity contribution in [2.24, 2.45) is 5.10 Å². The number of aromatic nitrogens is 2. The SMILES string of the molecule is CCSC(=S)NN=Cc1nc(CC)[nH]c1CC. The van der Waals surface area contributed by atoms with Crippen LogP contribution in [-0.4, -0.2) is 26.3 Å². The lowest BCUT2D eigenvalue weighted by Crippen LogP contribution is -2.11. The molecule has 1 heterocycles. The molecule has 17 heavy (non-hydrogen) atoms. The van der Waals surface area contributed by atoms with Crippen LogP contribution in [0.5, 0.6) is 0 Å². The topological polar surface area (TPSA) is 53.1 Å². The monoisotopic (exact) mass is 270 g/mol. The molecule has 0 saturated carbocycles. The molecule has 1 aromatic rings. The highest BCUT2D eigenvalue weighted by molar-refractivity contribution is 8.22. The molecule has 0 amide bonds. The third kappa shape index (κ3) is 4.47. The van der Waals surface area contributed by atoms with Gasteiger partial charge in [-0.2, -0.15) is 5.10 Å². The number of hydrogen-bond acceptors (Lipinski definition) is 4. The van der Waals surface area contributed by atoms with Gasteiger partial charge in [0.15, 0.2) is 4.32 Å². The van der Waals surface area contributed by atoms with Gasteiger partial charge in [0, 0.05) is 12.1 Å². The van der Waals surface area contributed by atoms with Gasteiger partial charge in [-0.05, 0) is 12.2 Å². The number of thiocarbonyl (C=S) groups is 1. The first-order valence-corrected chi connectivity index (χ1v) is 7.14. The number of nitrogens with zero attached hydrogens (tertiary/aromatic N) is 2. The highest BCUT2D eigenvalue weighted by Crippen LogP contribution is 2.05. The van der Waals surface area contributed by atoms with E-state index in [-0.39, 0.29) is 0 Å². The van der Waals surface area contributed by atoms with Crippen LogP contribution in [0.15, 0.2) is 5.10 Å². The number of aryl methyl sites for hydroxylation is 2. The first kappa shape index (κ1) is 14.2. The Bertz CT molecular complexity index is 398. The maximum atomic E-state index is 5.07. The van der Waals surface area contributed by atoms with Crippen molar-refractivity contribution < 1.29 is 0 Å². The van der Waals surface area contributed by atoms with Gasteiger partial charge >= 0.3 is 0 Å². The number of H-pyrrole nitrogens is 1. The predicted octanol–water partition coefficient (Wildman–Crippen LogP) is 2.50. The van der Waals surface area contributed by atoms with Gasteiger partial charge in [0.2, 0.25) is 0 Å². The minimum Gasteiger partial charge on any atom is -0.345 e. The zero-order chi connectivity index (χ0) is 12.7. The summed E-state index contributed by atoms with van der Waals surface area (Å²) in [5, 5.41) is 4.10. The molecular formula is C11H18N4S2. The number of nitrogens with one attached hydrogen (secondary N) is 2. The molecular weight excluding hydrogens is 252 g/mol. The largest absolute Gasteiger partial charge is 0.345 e. The van der Waals surface area contributed by atoms with E-state index in [2.05, 4.69) is 41.3 Å². The summed E-state index contributed by atoms with van der Waals surface area (Å²) in [6.45, 7) is 6.22. The van der Waals surface area contributed by atoms with Crippen LogP contribution in [0.1, 0.15) is 38.0 Å². The van der Waals surface area contributed by atoms with Gasteiger partial charge in [-0.1, -0.05) is 44.8 Å². The summed E-state index contributed by atoms with van der Waals surface area (Å²) in [4.78, 5) is 7.72. The van der Waals surface area contributed by atoms with Gasteiger partial charge in [0.25, 0.3) is 0 Å². The number of imidazole rings is 1. The maximum Gasteiger partial charge on any atom is 0.154 e. The van der Waals surface area contributed by atoms with E-state index in [1.165, 1.54) is 0 Å². The molecule has 94 valence electrons. The van der Waals surface area contributed by atoms with Gasteiger partial charge < -0.3 is 4.98 Å². The van der Waals surface area contributed by atoms with E-state index in [0.29, 0.717) is 4.32 Å². The zero-order valence-corrected chi connectivity index (χ0v) is 12.0. The zero-order valence-electron chi connectivity index (χ0n) is 10.4. The first-order valence-electron chi connectivity index (χ1n) is 5.74. The van der Waals surface area contributed by atoms with Crippen molar-refractivity contribution in [3.8, 4) is 0 Å². The Morgan fingerprint density at radius 1 is 1.47 bits per heavy atom. The molecule has 6 heteroatoms. The van der Waals surface area contributed by atoms with Crippen molar-refractivity contribution in [2.45, 2.75) is 33.6 Å². The van der Waals surface area contributed by atoms with Crippen molar-refractivity contribution in [3.63, 3.8) is 0 Å². The summed E-state index contributed by atoms with van der Waals surface area (Å²) in [7, 11) is 0. The maximum absolute atomic E-state index is 5.07. The molecule has 0 saturated heterocycles. The molecule has 0 aliphatic carbocycles.